The predicted octanol–water partition coefficient (Wildman–Crippen LogP) is 2.57. The Hall–Kier alpha value is -1.06. The normalized spacial score (nSPS) is 20.7. The minimum Gasteiger partial charge on any atom is -0.366 e. The van der Waals surface area contributed by atoms with E-state index in [1.807, 2.05) is 6.07 Å². The number of carbonyl (C=O) groups excluding carboxylic acids is 1. The highest BCUT2D eigenvalue weighted by molar-refractivity contribution is 6.31. The lowest BCUT2D eigenvalue weighted by molar-refractivity contribution is 0.100. The van der Waals surface area contributed by atoms with Crippen molar-refractivity contribution in [2.75, 3.05) is 6.54 Å². The zero-order valence-corrected chi connectivity index (χ0v) is 11.6. The summed E-state index contributed by atoms with van der Waals surface area (Å²) in [6, 6.07) is 5.20. The molecule has 0 heterocycles. The van der Waals surface area contributed by atoms with Crippen molar-refractivity contribution in [2.24, 2.45) is 17.1 Å². The lowest BCUT2D eigenvalue weighted by atomic mass is 10.1. The van der Waals surface area contributed by atoms with Crippen molar-refractivity contribution < 1.29 is 4.79 Å². The smallest absolute Gasteiger partial charge is 0.248 e. The summed E-state index contributed by atoms with van der Waals surface area (Å²) in [6.45, 7) is 6.31. The number of nitrogens with two attached hydrogens (primary N) is 1. The minimum atomic E-state index is -0.448. The zero-order valence-electron chi connectivity index (χ0n) is 10.8. The van der Waals surface area contributed by atoms with Crippen molar-refractivity contribution in [3.05, 3.63) is 34.3 Å². The molecule has 4 heteroatoms. The van der Waals surface area contributed by atoms with E-state index in [4.69, 9.17) is 17.3 Å². The molecule has 98 valence electrons. The number of nitrogens with one attached hydrogen (secondary N) is 1. The number of hydrogen-bond acceptors (Lipinski definition) is 2. The van der Waals surface area contributed by atoms with E-state index >= 15 is 0 Å². The van der Waals surface area contributed by atoms with Crippen LogP contribution in [0, 0.1) is 11.3 Å². The third-order valence-corrected chi connectivity index (χ3v) is 4.11. The first kappa shape index (κ1) is 13.4. The topological polar surface area (TPSA) is 55.1 Å². The monoisotopic (exact) mass is 266 g/mol. The fourth-order valence-corrected chi connectivity index (χ4v) is 2.40. The maximum atomic E-state index is 11.0. The number of primary amides is 1. The van der Waals surface area contributed by atoms with Gasteiger partial charge in [0.2, 0.25) is 5.91 Å². The first-order valence-electron chi connectivity index (χ1n) is 6.19. The molecule has 0 bridgehead atoms. The van der Waals surface area contributed by atoms with Crippen LogP contribution in [-0.4, -0.2) is 12.5 Å². The van der Waals surface area contributed by atoms with Crippen LogP contribution in [0.25, 0.3) is 0 Å². The van der Waals surface area contributed by atoms with Gasteiger partial charge in [0.15, 0.2) is 0 Å². The molecule has 1 aromatic rings. The number of benzene rings is 1. The Bertz CT molecular complexity index is 471. The molecule has 1 aromatic carbocycles. The Morgan fingerprint density at radius 3 is 2.72 bits per heavy atom. The van der Waals surface area contributed by atoms with Gasteiger partial charge in [0.25, 0.3) is 0 Å². The van der Waals surface area contributed by atoms with Crippen molar-refractivity contribution in [2.45, 2.75) is 26.8 Å². The van der Waals surface area contributed by atoms with Gasteiger partial charge in [0.1, 0.15) is 0 Å². The van der Waals surface area contributed by atoms with Crippen LogP contribution in [0.3, 0.4) is 0 Å². The van der Waals surface area contributed by atoms with E-state index < -0.39 is 5.91 Å². The minimum absolute atomic E-state index is 0.448. The highest BCUT2D eigenvalue weighted by atomic mass is 35.5. The summed E-state index contributed by atoms with van der Waals surface area (Å²) >= 11 is 6.11. The number of amides is 1. The van der Waals surface area contributed by atoms with Crippen LogP contribution in [0.2, 0.25) is 5.02 Å². The molecule has 3 nitrogen and oxygen atoms in total. The average molecular weight is 267 g/mol. The Kier molecular flexibility index (Phi) is 3.64. The van der Waals surface area contributed by atoms with Crippen LogP contribution >= 0.6 is 11.6 Å². The van der Waals surface area contributed by atoms with Crippen molar-refractivity contribution in [1.82, 2.24) is 5.32 Å². The fourth-order valence-electron chi connectivity index (χ4n) is 2.15. The summed E-state index contributed by atoms with van der Waals surface area (Å²) in [7, 11) is 0. The van der Waals surface area contributed by atoms with Crippen molar-refractivity contribution in [1.29, 1.82) is 0 Å². The SMILES string of the molecule is CC1(C)CC1CNCc1ccc(C(N)=O)cc1Cl. The molecular weight excluding hydrogens is 248 g/mol. The number of hydrogen-bond donors (Lipinski definition) is 2. The van der Waals surface area contributed by atoms with Crippen LogP contribution in [0.15, 0.2) is 18.2 Å². The molecule has 0 saturated heterocycles. The molecule has 1 aliphatic rings. The second kappa shape index (κ2) is 4.90. The highest BCUT2D eigenvalue weighted by Crippen LogP contribution is 2.50. The number of rotatable bonds is 5. The molecule has 1 saturated carbocycles. The Morgan fingerprint density at radius 2 is 2.22 bits per heavy atom. The zero-order chi connectivity index (χ0) is 13.3. The lowest BCUT2D eigenvalue weighted by Crippen LogP contribution is -2.18. The Morgan fingerprint density at radius 1 is 1.56 bits per heavy atom. The Labute approximate surface area is 113 Å². The van der Waals surface area contributed by atoms with E-state index in [2.05, 4.69) is 19.2 Å². The van der Waals surface area contributed by atoms with Gasteiger partial charge in [-0.3, -0.25) is 4.79 Å². The van der Waals surface area contributed by atoms with Gasteiger partial charge in [-0.25, -0.2) is 0 Å². The number of carbonyl (C=O) groups is 1. The second-order valence-corrected chi connectivity index (χ2v) is 6.10. The first-order chi connectivity index (χ1) is 8.40. The third kappa shape index (κ3) is 3.03. The van der Waals surface area contributed by atoms with Crippen molar-refractivity contribution >= 4 is 17.5 Å². The maximum absolute atomic E-state index is 11.0. The van der Waals surface area contributed by atoms with Crippen molar-refractivity contribution in [3.63, 3.8) is 0 Å². The van der Waals surface area contributed by atoms with Gasteiger partial charge >= 0.3 is 0 Å². The summed E-state index contributed by atoms with van der Waals surface area (Å²) < 4.78 is 0. The van der Waals surface area contributed by atoms with Gasteiger partial charge in [-0.15, -0.1) is 0 Å². The average Bonchev–Trinajstić information content (AvgIpc) is 2.88. The molecule has 1 amide bonds. The molecule has 3 N–H and O–H groups in total. The van der Waals surface area contributed by atoms with E-state index in [1.54, 1.807) is 12.1 Å². The van der Waals surface area contributed by atoms with Crippen LogP contribution in [-0.2, 0) is 6.54 Å². The van der Waals surface area contributed by atoms with E-state index in [-0.39, 0.29) is 0 Å². The van der Waals surface area contributed by atoms with E-state index in [0.29, 0.717) is 16.0 Å². The standard InChI is InChI=1S/C14H19ClN2O/c1-14(2)6-11(14)8-17-7-10-4-3-9(13(16)18)5-12(10)15/h3-5,11,17H,6-8H2,1-2H3,(H2,16,18). The van der Waals surface area contributed by atoms with Crippen LogP contribution in [0.5, 0.6) is 0 Å². The molecule has 1 atom stereocenters. The molecular formula is C14H19ClN2O. The van der Waals surface area contributed by atoms with E-state index in [0.717, 1.165) is 24.6 Å². The molecule has 1 fully saturated rings. The predicted molar refractivity (Wildman–Crippen MR) is 73.6 cm³/mol. The molecule has 0 aromatic heterocycles. The lowest BCUT2D eigenvalue weighted by Gasteiger charge is -2.08. The summed E-state index contributed by atoms with van der Waals surface area (Å²) in [4.78, 5) is 11.0. The molecule has 0 aliphatic heterocycles. The first-order valence-corrected chi connectivity index (χ1v) is 6.57. The maximum Gasteiger partial charge on any atom is 0.248 e. The van der Waals surface area contributed by atoms with Gasteiger partial charge in [-0.05, 0) is 42.0 Å². The quantitative estimate of drug-likeness (QED) is 0.861. The molecule has 2 rings (SSSR count). The van der Waals surface area contributed by atoms with Gasteiger partial charge in [-0.1, -0.05) is 31.5 Å². The largest absolute Gasteiger partial charge is 0.366 e. The molecule has 18 heavy (non-hydrogen) atoms. The Balaban J connectivity index is 1.88. The number of halogens is 1. The highest BCUT2D eigenvalue weighted by Gasteiger charge is 2.44. The molecule has 0 radical (unpaired) electrons. The summed E-state index contributed by atoms with van der Waals surface area (Å²) in [5.74, 6) is 0.317. The van der Waals surface area contributed by atoms with Gasteiger partial charge in [0.05, 0.1) is 0 Å². The van der Waals surface area contributed by atoms with Crippen molar-refractivity contribution in [3.8, 4) is 0 Å². The summed E-state index contributed by atoms with van der Waals surface area (Å²) in [5.41, 5.74) is 7.14. The molecule has 1 aliphatic carbocycles. The van der Waals surface area contributed by atoms with Gasteiger partial charge in [0, 0.05) is 17.1 Å². The van der Waals surface area contributed by atoms with Gasteiger partial charge < -0.3 is 11.1 Å². The second-order valence-electron chi connectivity index (χ2n) is 5.69. The van der Waals surface area contributed by atoms with Crippen LogP contribution < -0.4 is 11.1 Å². The van der Waals surface area contributed by atoms with E-state index in [9.17, 15) is 4.79 Å². The molecule has 1 unspecified atom stereocenters. The third-order valence-electron chi connectivity index (χ3n) is 3.76. The van der Waals surface area contributed by atoms with Crippen LogP contribution in [0.4, 0.5) is 0 Å². The van der Waals surface area contributed by atoms with E-state index in [1.165, 1.54) is 6.42 Å². The fraction of sp³-hybridized carbons (Fsp3) is 0.500. The summed E-state index contributed by atoms with van der Waals surface area (Å²) in [6.07, 6.45) is 1.29. The van der Waals surface area contributed by atoms with Gasteiger partial charge in [-0.2, -0.15) is 0 Å². The van der Waals surface area contributed by atoms with Crippen LogP contribution in [0.1, 0.15) is 36.2 Å². The molecule has 0 spiro atoms. The summed E-state index contributed by atoms with van der Waals surface area (Å²) in [5, 5.41) is 4.00.